The number of nitrogens with zero attached hydrogens (tertiary/aromatic N) is 4. The summed E-state index contributed by atoms with van der Waals surface area (Å²) in [6, 6.07) is 13.6. The fourth-order valence-corrected chi connectivity index (χ4v) is 3.58. The van der Waals surface area contributed by atoms with Crippen molar-refractivity contribution in [1.29, 1.82) is 0 Å². The summed E-state index contributed by atoms with van der Waals surface area (Å²) in [4.78, 5) is 34.8. The van der Waals surface area contributed by atoms with Crippen molar-refractivity contribution >= 4 is 11.9 Å². The number of amides is 3. The van der Waals surface area contributed by atoms with Gasteiger partial charge in [-0.2, -0.15) is 0 Å². The molecule has 6 heteroatoms. The molecule has 128 valence electrons. The van der Waals surface area contributed by atoms with Crippen LogP contribution < -0.4 is 0 Å². The summed E-state index contributed by atoms with van der Waals surface area (Å²) in [5.74, 6) is 0.0102. The van der Waals surface area contributed by atoms with Crippen LogP contribution in [0.5, 0.6) is 0 Å². The van der Waals surface area contributed by atoms with Gasteiger partial charge in [-0.25, -0.2) is 4.79 Å². The molecule has 2 aliphatic rings. The Bertz CT molecular complexity index is 766. The lowest BCUT2D eigenvalue weighted by Gasteiger charge is -2.36. The molecule has 1 atom stereocenters. The van der Waals surface area contributed by atoms with Gasteiger partial charge in [0.1, 0.15) is 0 Å². The Morgan fingerprint density at radius 1 is 1.04 bits per heavy atom. The minimum absolute atomic E-state index is 0.0102. The van der Waals surface area contributed by atoms with Crippen LogP contribution in [0.4, 0.5) is 4.79 Å². The molecular weight excluding hydrogens is 316 g/mol. The van der Waals surface area contributed by atoms with Crippen molar-refractivity contribution in [2.45, 2.75) is 12.6 Å². The molecule has 2 saturated heterocycles. The van der Waals surface area contributed by atoms with Crippen LogP contribution in [0, 0.1) is 0 Å². The Labute approximate surface area is 146 Å². The van der Waals surface area contributed by atoms with Crippen LogP contribution in [0.1, 0.15) is 15.9 Å². The van der Waals surface area contributed by atoms with Crippen LogP contribution in [0.2, 0.25) is 0 Å². The van der Waals surface area contributed by atoms with Crippen LogP contribution in [0.25, 0.3) is 0 Å². The van der Waals surface area contributed by atoms with Gasteiger partial charge in [0.2, 0.25) is 0 Å². The molecule has 2 aliphatic heterocycles. The Morgan fingerprint density at radius 3 is 2.56 bits per heavy atom. The van der Waals surface area contributed by atoms with Gasteiger partial charge in [-0.15, -0.1) is 0 Å². The molecule has 4 rings (SSSR count). The van der Waals surface area contributed by atoms with Crippen molar-refractivity contribution < 1.29 is 9.59 Å². The second kappa shape index (κ2) is 6.55. The molecular formula is C19H20N4O2. The third kappa shape index (κ3) is 3.07. The molecule has 0 bridgehead atoms. The lowest BCUT2D eigenvalue weighted by Crippen LogP contribution is -2.53. The van der Waals surface area contributed by atoms with Gasteiger partial charge >= 0.3 is 6.03 Å². The van der Waals surface area contributed by atoms with Gasteiger partial charge in [-0.1, -0.05) is 30.3 Å². The van der Waals surface area contributed by atoms with E-state index in [2.05, 4.69) is 4.98 Å². The largest absolute Gasteiger partial charge is 0.335 e. The number of hydrogen-bond donors (Lipinski definition) is 0. The monoisotopic (exact) mass is 336 g/mol. The number of urea groups is 1. The lowest BCUT2D eigenvalue weighted by molar-refractivity contribution is 0.0617. The zero-order valence-corrected chi connectivity index (χ0v) is 13.9. The van der Waals surface area contributed by atoms with Crippen LogP contribution in [-0.4, -0.2) is 63.8 Å². The quantitative estimate of drug-likeness (QED) is 0.859. The van der Waals surface area contributed by atoms with E-state index >= 15 is 0 Å². The van der Waals surface area contributed by atoms with E-state index < -0.39 is 0 Å². The Balaban J connectivity index is 1.43. The smallest absolute Gasteiger partial charge is 0.320 e. The molecule has 2 aromatic rings. The van der Waals surface area contributed by atoms with E-state index in [0.29, 0.717) is 38.3 Å². The molecule has 0 N–H and O–H groups in total. The van der Waals surface area contributed by atoms with E-state index in [1.54, 1.807) is 24.5 Å². The van der Waals surface area contributed by atoms with Crippen molar-refractivity contribution in [3.05, 3.63) is 66.0 Å². The van der Waals surface area contributed by atoms with Crippen molar-refractivity contribution in [1.82, 2.24) is 19.7 Å². The van der Waals surface area contributed by atoms with Crippen molar-refractivity contribution in [2.24, 2.45) is 0 Å². The fraction of sp³-hybridized carbons (Fsp3) is 0.316. The van der Waals surface area contributed by atoms with Gasteiger partial charge in [0, 0.05) is 50.7 Å². The maximum atomic E-state index is 12.6. The number of piperazine rings is 1. The third-order valence-electron chi connectivity index (χ3n) is 4.86. The van der Waals surface area contributed by atoms with Crippen molar-refractivity contribution in [2.75, 3.05) is 26.2 Å². The number of benzene rings is 1. The first kappa shape index (κ1) is 15.6. The standard InChI is InChI=1S/C19H20N4O2/c24-18(16-6-8-20-9-7-16)21-10-11-23-17(13-21)14-22(19(23)25)12-15-4-2-1-3-5-15/h1-9,17H,10-14H2/t17-/m1/s1. The van der Waals surface area contributed by atoms with Crippen LogP contribution in [0.15, 0.2) is 54.9 Å². The van der Waals surface area contributed by atoms with E-state index in [-0.39, 0.29) is 18.0 Å². The first-order chi connectivity index (χ1) is 12.2. The normalized spacial score (nSPS) is 19.9. The predicted molar refractivity (Wildman–Crippen MR) is 92.9 cm³/mol. The SMILES string of the molecule is O=C(c1ccncc1)N1CCN2C(=O)N(Cc3ccccc3)C[C@H]2C1. The number of hydrogen-bond acceptors (Lipinski definition) is 3. The molecule has 0 spiro atoms. The Kier molecular flexibility index (Phi) is 4.09. The second-order valence-electron chi connectivity index (χ2n) is 6.48. The fourth-order valence-electron chi connectivity index (χ4n) is 3.58. The summed E-state index contributed by atoms with van der Waals surface area (Å²) < 4.78 is 0. The van der Waals surface area contributed by atoms with E-state index in [0.717, 1.165) is 5.56 Å². The average molecular weight is 336 g/mol. The third-order valence-corrected chi connectivity index (χ3v) is 4.86. The summed E-state index contributed by atoms with van der Waals surface area (Å²) in [5.41, 5.74) is 1.77. The summed E-state index contributed by atoms with van der Waals surface area (Å²) in [7, 11) is 0. The molecule has 3 heterocycles. The molecule has 25 heavy (non-hydrogen) atoms. The summed E-state index contributed by atoms with van der Waals surface area (Å²) >= 11 is 0. The summed E-state index contributed by atoms with van der Waals surface area (Å²) in [6.07, 6.45) is 3.26. The Morgan fingerprint density at radius 2 is 1.80 bits per heavy atom. The molecule has 0 unspecified atom stereocenters. The average Bonchev–Trinajstić information content (AvgIpc) is 2.97. The van der Waals surface area contributed by atoms with Gasteiger partial charge < -0.3 is 14.7 Å². The maximum absolute atomic E-state index is 12.6. The molecule has 1 aromatic heterocycles. The number of rotatable bonds is 3. The van der Waals surface area contributed by atoms with Gasteiger partial charge in [0.25, 0.3) is 5.91 Å². The summed E-state index contributed by atoms with van der Waals surface area (Å²) in [5, 5.41) is 0. The van der Waals surface area contributed by atoms with Gasteiger partial charge in [-0.3, -0.25) is 9.78 Å². The number of carbonyl (C=O) groups excluding carboxylic acids is 2. The molecule has 2 fully saturated rings. The van der Waals surface area contributed by atoms with Crippen LogP contribution in [0.3, 0.4) is 0 Å². The highest BCUT2D eigenvalue weighted by molar-refractivity contribution is 5.94. The topological polar surface area (TPSA) is 56.8 Å². The number of carbonyl (C=O) groups is 2. The molecule has 0 radical (unpaired) electrons. The highest BCUT2D eigenvalue weighted by Gasteiger charge is 2.41. The second-order valence-corrected chi connectivity index (χ2v) is 6.48. The Hall–Kier alpha value is -2.89. The number of pyridine rings is 1. The first-order valence-electron chi connectivity index (χ1n) is 8.51. The molecule has 0 saturated carbocycles. The van der Waals surface area contributed by atoms with Gasteiger partial charge in [0.05, 0.1) is 6.04 Å². The molecule has 6 nitrogen and oxygen atoms in total. The highest BCUT2D eigenvalue weighted by atomic mass is 16.2. The van der Waals surface area contributed by atoms with Gasteiger partial charge in [-0.05, 0) is 17.7 Å². The lowest BCUT2D eigenvalue weighted by atomic mass is 10.1. The van der Waals surface area contributed by atoms with Crippen LogP contribution >= 0.6 is 0 Å². The van der Waals surface area contributed by atoms with E-state index in [9.17, 15) is 9.59 Å². The van der Waals surface area contributed by atoms with Crippen LogP contribution in [-0.2, 0) is 6.54 Å². The maximum Gasteiger partial charge on any atom is 0.320 e. The molecule has 1 aromatic carbocycles. The van der Waals surface area contributed by atoms with E-state index in [1.807, 2.05) is 45.0 Å². The highest BCUT2D eigenvalue weighted by Crippen LogP contribution is 2.23. The minimum Gasteiger partial charge on any atom is -0.335 e. The predicted octanol–water partition coefficient (Wildman–Crippen LogP) is 1.84. The summed E-state index contributed by atoms with van der Waals surface area (Å²) in [6.45, 7) is 3.02. The van der Waals surface area contributed by atoms with E-state index in [4.69, 9.17) is 0 Å². The minimum atomic E-state index is 0.0102. The molecule has 3 amide bonds. The van der Waals surface area contributed by atoms with Crippen molar-refractivity contribution in [3.63, 3.8) is 0 Å². The number of fused-ring (bicyclic) bond motifs is 1. The van der Waals surface area contributed by atoms with E-state index in [1.165, 1.54) is 0 Å². The molecule has 0 aliphatic carbocycles. The zero-order valence-electron chi connectivity index (χ0n) is 13.9. The zero-order chi connectivity index (χ0) is 17.2. The van der Waals surface area contributed by atoms with Gasteiger partial charge in [0.15, 0.2) is 0 Å². The van der Waals surface area contributed by atoms with Crippen molar-refractivity contribution in [3.8, 4) is 0 Å². The number of aromatic nitrogens is 1. The first-order valence-corrected chi connectivity index (χ1v) is 8.51.